The Morgan fingerprint density at radius 1 is 1.00 bits per heavy atom. The van der Waals surface area contributed by atoms with E-state index in [4.69, 9.17) is 26.4 Å². The van der Waals surface area contributed by atoms with Crippen molar-refractivity contribution in [3.8, 4) is 17.2 Å². The Morgan fingerprint density at radius 3 is 1.91 bits per heavy atom. The maximum atomic E-state index is 12.2. The summed E-state index contributed by atoms with van der Waals surface area (Å²) in [5.41, 5.74) is 1.24. The third-order valence-corrected chi connectivity index (χ3v) is 4.00. The highest BCUT2D eigenvalue weighted by Gasteiger charge is 2.32. The minimum absolute atomic E-state index is 0.152. The fraction of sp³-hybridized carbons (Fsp3) is 0.333. The molecule has 1 heterocycles. The SMILES string of the molecule is COc1cc(/C=C2/C(=O)N(C)C(=S)N2C)cc(OC)c1OC. The maximum absolute atomic E-state index is 12.2. The number of nitrogens with zero attached hydrogens (tertiary/aromatic N) is 2. The van der Waals surface area contributed by atoms with Gasteiger partial charge in [-0.1, -0.05) is 0 Å². The zero-order valence-corrected chi connectivity index (χ0v) is 14.0. The summed E-state index contributed by atoms with van der Waals surface area (Å²) >= 11 is 5.19. The molecule has 0 unspecified atom stereocenters. The molecule has 1 aromatic carbocycles. The third kappa shape index (κ3) is 2.59. The molecule has 2 rings (SSSR count). The van der Waals surface area contributed by atoms with Gasteiger partial charge in [0, 0.05) is 14.1 Å². The van der Waals surface area contributed by atoms with E-state index in [1.54, 1.807) is 58.5 Å². The van der Waals surface area contributed by atoms with E-state index in [0.29, 0.717) is 28.1 Å². The van der Waals surface area contributed by atoms with E-state index in [0.717, 1.165) is 5.56 Å². The molecule has 1 aromatic rings. The van der Waals surface area contributed by atoms with Crippen molar-refractivity contribution >= 4 is 29.3 Å². The maximum Gasteiger partial charge on any atom is 0.276 e. The minimum atomic E-state index is -0.152. The minimum Gasteiger partial charge on any atom is -0.493 e. The number of carbonyl (C=O) groups excluding carboxylic acids is 1. The summed E-state index contributed by atoms with van der Waals surface area (Å²) in [6.45, 7) is 0. The highest BCUT2D eigenvalue weighted by molar-refractivity contribution is 7.80. The lowest BCUT2D eigenvalue weighted by molar-refractivity contribution is -0.121. The first-order valence-electron chi connectivity index (χ1n) is 6.52. The second kappa shape index (κ2) is 6.23. The number of hydrogen-bond acceptors (Lipinski definition) is 5. The van der Waals surface area contributed by atoms with Crippen LogP contribution in [0.4, 0.5) is 0 Å². The Morgan fingerprint density at radius 2 is 1.55 bits per heavy atom. The van der Waals surface area contributed by atoms with Gasteiger partial charge in [-0.05, 0) is 36.0 Å². The van der Waals surface area contributed by atoms with Crippen LogP contribution >= 0.6 is 12.2 Å². The zero-order chi connectivity index (χ0) is 16.4. The number of likely N-dealkylation sites (N-methyl/N-ethyl adjacent to an activating group) is 2. The first-order valence-corrected chi connectivity index (χ1v) is 6.92. The van der Waals surface area contributed by atoms with Crippen molar-refractivity contribution in [3.05, 3.63) is 23.4 Å². The van der Waals surface area contributed by atoms with Gasteiger partial charge in [0.05, 0.1) is 21.3 Å². The van der Waals surface area contributed by atoms with Crippen molar-refractivity contribution in [1.29, 1.82) is 0 Å². The first kappa shape index (κ1) is 16.1. The molecule has 1 aliphatic heterocycles. The van der Waals surface area contributed by atoms with Crippen LogP contribution in [0.1, 0.15) is 5.56 Å². The van der Waals surface area contributed by atoms with Gasteiger partial charge in [-0.25, -0.2) is 0 Å². The Bertz CT molecular complexity index is 632. The number of benzene rings is 1. The van der Waals surface area contributed by atoms with E-state index >= 15 is 0 Å². The highest BCUT2D eigenvalue weighted by Crippen LogP contribution is 2.39. The fourth-order valence-electron chi connectivity index (χ4n) is 2.23. The van der Waals surface area contributed by atoms with Crippen LogP contribution < -0.4 is 14.2 Å². The van der Waals surface area contributed by atoms with Crippen LogP contribution in [-0.2, 0) is 4.79 Å². The molecule has 6 nitrogen and oxygen atoms in total. The molecule has 0 bridgehead atoms. The van der Waals surface area contributed by atoms with Gasteiger partial charge in [0.1, 0.15) is 5.70 Å². The van der Waals surface area contributed by atoms with Crippen molar-refractivity contribution in [3.63, 3.8) is 0 Å². The van der Waals surface area contributed by atoms with Gasteiger partial charge in [0.25, 0.3) is 5.91 Å². The lowest BCUT2D eigenvalue weighted by Crippen LogP contribution is -2.26. The number of carbonyl (C=O) groups is 1. The number of rotatable bonds is 4. The molecule has 0 saturated carbocycles. The normalized spacial score (nSPS) is 16.5. The average molecular weight is 322 g/mol. The van der Waals surface area contributed by atoms with Crippen molar-refractivity contribution in [2.24, 2.45) is 0 Å². The smallest absolute Gasteiger partial charge is 0.276 e. The third-order valence-electron chi connectivity index (χ3n) is 3.45. The Balaban J connectivity index is 2.52. The van der Waals surface area contributed by atoms with Gasteiger partial charge in [-0.2, -0.15) is 0 Å². The molecule has 0 spiro atoms. The Kier molecular flexibility index (Phi) is 4.56. The van der Waals surface area contributed by atoms with E-state index in [-0.39, 0.29) is 5.91 Å². The largest absolute Gasteiger partial charge is 0.493 e. The summed E-state index contributed by atoms with van der Waals surface area (Å²) in [5.74, 6) is 1.41. The molecule has 1 fully saturated rings. The van der Waals surface area contributed by atoms with Gasteiger partial charge in [0.15, 0.2) is 16.6 Å². The van der Waals surface area contributed by atoms with Crippen LogP contribution in [0.25, 0.3) is 6.08 Å². The molecule has 0 N–H and O–H groups in total. The topological polar surface area (TPSA) is 51.2 Å². The molecular weight excluding hydrogens is 304 g/mol. The van der Waals surface area contributed by atoms with E-state index in [1.807, 2.05) is 0 Å². The molecule has 0 aromatic heterocycles. The van der Waals surface area contributed by atoms with Crippen LogP contribution in [-0.4, -0.2) is 56.2 Å². The van der Waals surface area contributed by atoms with E-state index in [9.17, 15) is 4.79 Å². The van der Waals surface area contributed by atoms with E-state index < -0.39 is 0 Å². The summed E-state index contributed by atoms with van der Waals surface area (Å²) in [7, 11) is 8.04. The zero-order valence-electron chi connectivity index (χ0n) is 13.2. The van der Waals surface area contributed by atoms with Crippen molar-refractivity contribution in [1.82, 2.24) is 9.80 Å². The monoisotopic (exact) mass is 322 g/mol. The molecule has 22 heavy (non-hydrogen) atoms. The summed E-state index contributed by atoms with van der Waals surface area (Å²) in [4.78, 5) is 15.3. The molecule has 0 atom stereocenters. The van der Waals surface area contributed by atoms with Crippen LogP contribution in [0.3, 0.4) is 0 Å². The predicted octanol–water partition coefficient (Wildman–Crippen LogP) is 1.74. The summed E-state index contributed by atoms with van der Waals surface area (Å²) < 4.78 is 15.9. The van der Waals surface area contributed by atoms with E-state index in [2.05, 4.69) is 0 Å². The molecule has 118 valence electrons. The van der Waals surface area contributed by atoms with Gasteiger partial charge in [-0.3, -0.25) is 9.69 Å². The summed E-state index contributed by atoms with van der Waals surface area (Å²) in [5, 5.41) is 0.462. The van der Waals surface area contributed by atoms with Crippen LogP contribution in [0, 0.1) is 0 Å². The highest BCUT2D eigenvalue weighted by atomic mass is 32.1. The van der Waals surface area contributed by atoms with Gasteiger partial charge in [0.2, 0.25) is 5.75 Å². The Hall–Kier alpha value is -2.28. The molecule has 7 heteroatoms. The molecule has 0 radical (unpaired) electrons. The van der Waals surface area contributed by atoms with Crippen LogP contribution in [0.5, 0.6) is 17.2 Å². The average Bonchev–Trinajstić information content (AvgIpc) is 2.71. The second-order valence-electron chi connectivity index (χ2n) is 4.69. The molecule has 1 amide bonds. The molecule has 1 saturated heterocycles. The van der Waals surface area contributed by atoms with Crippen molar-refractivity contribution < 1.29 is 19.0 Å². The summed E-state index contributed by atoms with van der Waals surface area (Å²) in [6.07, 6.45) is 1.74. The fourth-order valence-corrected chi connectivity index (χ4v) is 2.41. The lowest BCUT2D eigenvalue weighted by Gasteiger charge is -2.14. The van der Waals surface area contributed by atoms with Crippen molar-refractivity contribution in [2.45, 2.75) is 0 Å². The number of hydrogen-bond donors (Lipinski definition) is 0. The van der Waals surface area contributed by atoms with E-state index in [1.165, 1.54) is 4.90 Å². The Labute approximate surface area is 134 Å². The van der Waals surface area contributed by atoms with Gasteiger partial charge < -0.3 is 19.1 Å². The molecule has 1 aliphatic rings. The molecule has 0 aliphatic carbocycles. The number of thiocarbonyl (C=S) groups is 1. The summed E-state index contributed by atoms with van der Waals surface area (Å²) in [6, 6.07) is 3.55. The first-order chi connectivity index (χ1) is 10.4. The lowest BCUT2D eigenvalue weighted by atomic mass is 10.1. The second-order valence-corrected chi connectivity index (χ2v) is 5.06. The number of amides is 1. The number of ether oxygens (including phenoxy) is 3. The quantitative estimate of drug-likeness (QED) is 0.622. The molecular formula is C15H18N2O4S. The van der Waals surface area contributed by atoms with Crippen molar-refractivity contribution in [2.75, 3.05) is 35.4 Å². The van der Waals surface area contributed by atoms with Gasteiger partial charge in [-0.15, -0.1) is 0 Å². The van der Waals surface area contributed by atoms with Crippen LogP contribution in [0.15, 0.2) is 17.8 Å². The van der Waals surface area contributed by atoms with Crippen LogP contribution in [0.2, 0.25) is 0 Å². The number of methoxy groups -OCH3 is 3. The predicted molar refractivity (Wildman–Crippen MR) is 87.2 cm³/mol. The standard InChI is InChI=1S/C15H18N2O4S/c1-16-10(14(18)17(2)15(16)22)6-9-7-11(19-3)13(21-5)12(8-9)20-4/h6-8H,1-5H3/b10-6-. The van der Waals surface area contributed by atoms with Gasteiger partial charge >= 0.3 is 0 Å².